The molecule has 0 atom stereocenters. The van der Waals surface area contributed by atoms with Crippen LogP contribution < -0.4 is 10.2 Å². The number of rotatable bonds is 8. The zero-order valence-corrected chi connectivity index (χ0v) is 13.9. The van der Waals surface area contributed by atoms with E-state index in [-0.39, 0.29) is 0 Å². The van der Waals surface area contributed by atoms with Crippen molar-refractivity contribution in [1.82, 2.24) is 15.3 Å². The summed E-state index contributed by atoms with van der Waals surface area (Å²) in [6.45, 7) is 7.28. The second kappa shape index (κ2) is 8.10. The van der Waals surface area contributed by atoms with E-state index in [4.69, 9.17) is 0 Å². The zero-order valence-electron chi connectivity index (χ0n) is 13.0. The molecule has 0 fully saturated rings. The van der Waals surface area contributed by atoms with Crippen molar-refractivity contribution < 1.29 is 0 Å². The molecule has 5 heteroatoms. The molecule has 0 amide bonds. The van der Waals surface area contributed by atoms with Gasteiger partial charge >= 0.3 is 0 Å². The minimum atomic E-state index is 0.672. The summed E-state index contributed by atoms with van der Waals surface area (Å²) in [5.41, 5.74) is 2.44. The Balaban J connectivity index is 1.80. The molecule has 0 aliphatic rings. The Morgan fingerprint density at radius 3 is 2.76 bits per heavy atom. The van der Waals surface area contributed by atoms with E-state index >= 15 is 0 Å². The Kier molecular flexibility index (Phi) is 6.14. The molecule has 0 saturated heterocycles. The normalized spacial score (nSPS) is 11.0. The average Bonchev–Trinajstić information content (AvgIpc) is 2.94. The van der Waals surface area contributed by atoms with Crippen LogP contribution in [0.1, 0.15) is 25.1 Å². The summed E-state index contributed by atoms with van der Waals surface area (Å²) in [6.07, 6.45) is 4.70. The highest BCUT2D eigenvalue weighted by Gasteiger charge is 2.07. The third-order valence-electron chi connectivity index (χ3n) is 3.21. The third-order valence-corrected chi connectivity index (χ3v) is 4.21. The van der Waals surface area contributed by atoms with Gasteiger partial charge in [0, 0.05) is 37.9 Å². The van der Waals surface area contributed by atoms with Crippen molar-refractivity contribution in [2.45, 2.75) is 26.8 Å². The Hall–Kier alpha value is -1.46. The topological polar surface area (TPSA) is 41.0 Å². The van der Waals surface area contributed by atoms with Crippen LogP contribution >= 0.6 is 11.3 Å². The molecule has 0 unspecified atom stereocenters. The molecule has 4 nitrogen and oxygen atoms in total. The lowest BCUT2D eigenvalue weighted by Gasteiger charge is -2.15. The van der Waals surface area contributed by atoms with E-state index in [9.17, 15) is 0 Å². The van der Waals surface area contributed by atoms with E-state index in [2.05, 4.69) is 58.6 Å². The molecular formula is C16H24N4S. The van der Waals surface area contributed by atoms with Crippen LogP contribution in [-0.4, -0.2) is 30.1 Å². The van der Waals surface area contributed by atoms with Gasteiger partial charge in [-0.2, -0.15) is 0 Å². The molecule has 0 bridgehead atoms. The zero-order chi connectivity index (χ0) is 15.1. The highest BCUT2D eigenvalue weighted by atomic mass is 32.1. The molecule has 0 aromatic carbocycles. The van der Waals surface area contributed by atoms with Gasteiger partial charge in [-0.15, -0.1) is 11.3 Å². The number of likely N-dealkylation sites (N-methyl/N-ethyl adjacent to an activating group) is 1. The Labute approximate surface area is 131 Å². The van der Waals surface area contributed by atoms with E-state index in [1.54, 1.807) is 11.3 Å². The Morgan fingerprint density at radius 1 is 1.29 bits per heavy atom. The first kappa shape index (κ1) is 15.9. The van der Waals surface area contributed by atoms with Crippen LogP contribution in [0.2, 0.25) is 0 Å². The lowest BCUT2D eigenvalue weighted by molar-refractivity contribution is 0.549. The summed E-state index contributed by atoms with van der Waals surface area (Å²) < 4.78 is 0. The van der Waals surface area contributed by atoms with Gasteiger partial charge in [-0.05, 0) is 36.6 Å². The monoisotopic (exact) mass is 304 g/mol. The average molecular weight is 304 g/mol. The van der Waals surface area contributed by atoms with Gasteiger partial charge in [-0.3, -0.25) is 4.98 Å². The highest BCUT2D eigenvalue weighted by Crippen LogP contribution is 2.19. The molecule has 2 aromatic rings. The van der Waals surface area contributed by atoms with E-state index in [1.807, 2.05) is 12.4 Å². The lowest BCUT2D eigenvalue weighted by Crippen LogP contribution is -2.21. The van der Waals surface area contributed by atoms with Crippen LogP contribution in [0, 0.1) is 5.92 Å². The van der Waals surface area contributed by atoms with E-state index in [0.29, 0.717) is 5.92 Å². The fourth-order valence-corrected chi connectivity index (χ4v) is 2.80. The molecule has 114 valence electrons. The molecule has 2 rings (SSSR count). The number of hydrogen-bond acceptors (Lipinski definition) is 5. The predicted molar refractivity (Wildman–Crippen MR) is 89.9 cm³/mol. The summed E-state index contributed by atoms with van der Waals surface area (Å²) in [5, 5.41) is 6.66. The van der Waals surface area contributed by atoms with Crippen LogP contribution in [0.25, 0.3) is 0 Å². The number of pyridine rings is 1. The second-order valence-corrected chi connectivity index (χ2v) is 6.51. The van der Waals surface area contributed by atoms with Gasteiger partial charge in [0.15, 0.2) is 5.13 Å². The van der Waals surface area contributed by atoms with Gasteiger partial charge in [0.05, 0.1) is 5.69 Å². The summed E-state index contributed by atoms with van der Waals surface area (Å²) in [7, 11) is 2.10. The third kappa shape index (κ3) is 5.44. The number of hydrogen-bond donors (Lipinski definition) is 1. The van der Waals surface area contributed by atoms with E-state index in [0.717, 1.165) is 36.9 Å². The fourth-order valence-electron chi connectivity index (χ4n) is 1.98. The van der Waals surface area contributed by atoms with E-state index in [1.165, 1.54) is 5.56 Å². The van der Waals surface area contributed by atoms with Gasteiger partial charge in [0.2, 0.25) is 0 Å². The Morgan fingerprint density at radius 2 is 2.05 bits per heavy atom. The molecule has 0 aliphatic carbocycles. The van der Waals surface area contributed by atoms with Crippen LogP contribution in [-0.2, 0) is 13.0 Å². The summed E-state index contributed by atoms with van der Waals surface area (Å²) >= 11 is 1.71. The van der Waals surface area contributed by atoms with E-state index < -0.39 is 0 Å². The molecular weight excluding hydrogens is 280 g/mol. The maximum atomic E-state index is 4.69. The van der Waals surface area contributed by atoms with Crippen molar-refractivity contribution >= 4 is 16.5 Å². The van der Waals surface area contributed by atoms with Crippen molar-refractivity contribution in [3.05, 3.63) is 41.2 Å². The van der Waals surface area contributed by atoms with Crippen LogP contribution in [0.15, 0.2) is 29.9 Å². The minimum absolute atomic E-state index is 0.672. The molecule has 21 heavy (non-hydrogen) atoms. The van der Waals surface area contributed by atoms with Crippen LogP contribution in [0.4, 0.5) is 5.13 Å². The molecule has 2 heterocycles. The predicted octanol–water partition coefficient (Wildman–Crippen LogP) is 2.96. The maximum Gasteiger partial charge on any atom is 0.185 e. The summed E-state index contributed by atoms with van der Waals surface area (Å²) in [6, 6.07) is 4.13. The van der Waals surface area contributed by atoms with Crippen molar-refractivity contribution in [2.75, 3.05) is 25.0 Å². The molecule has 0 saturated carbocycles. The quantitative estimate of drug-likeness (QED) is 0.814. The second-order valence-electron chi connectivity index (χ2n) is 5.67. The smallest absolute Gasteiger partial charge is 0.185 e. The first-order chi connectivity index (χ1) is 10.1. The van der Waals surface area contributed by atoms with Crippen molar-refractivity contribution in [1.29, 1.82) is 0 Å². The van der Waals surface area contributed by atoms with Gasteiger partial charge in [-0.25, -0.2) is 4.98 Å². The van der Waals surface area contributed by atoms with Crippen LogP contribution in [0.3, 0.4) is 0 Å². The SMILES string of the molecule is CC(C)CNCc1csc(N(C)CCc2ccncc2)n1. The lowest BCUT2D eigenvalue weighted by atomic mass is 10.2. The molecule has 0 aliphatic heterocycles. The first-order valence-corrected chi connectivity index (χ1v) is 8.28. The largest absolute Gasteiger partial charge is 0.351 e. The number of nitrogens with zero attached hydrogens (tertiary/aromatic N) is 3. The molecule has 0 radical (unpaired) electrons. The number of thiazole rings is 1. The van der Waals surface area contributed by atoms with Gasteiger partial charge < -0.3 is 10.2 Å². The number of anilines is 1. The highest BCUT2D eigenvalue weighted by molar-refractivity contribution is 7.13. The first-order valence-electron chi connectivity index (χ1n) is 7.40. The minimum Gasteiger partial charge on any atom is -0.351 e. The summed E-state index contributed by atoms with van der Waals surface area (Å²) in [4.78, 5) is 11.0. The standard InChI is InChI=1S/C16H24N4S/c1-13(2)10-18-11-15-12-21-16(19-15)20(3)9-6-14-4-7-17-8-5-14/h4-5,7-8,12-13,18H,6,9-11H2,1-3H3. The Bertz CT molecular complexity index is 524. The van der Waals surface area contributed by atoms with Crippen molar-refractivity contribution in [2.24, 2.45) is 5.92 Å². The number of nitrogens with one attached hydrogen (secondary N) is 1. The maximum absolute atomic E-state index is 4.69. The van der Waals surface area contributed by atoms with Gasteiger partial charge in [0.25, 0.3) is 0 Å². The van der Waals surface area contributed by atoms with Crippen molar-refractivity contribution in [3.8, 4) is 0 Å². The fraction of sp³-hybridized carbons (Fsp3) is 0.500. The molecule has 2 aromatic heterocycles. The summed E-state index contributed by atoms with van der Waals surface area (Å²) in [5.74, 6) is 0.672. The van der Waals surface area contributed by atoms with Gasteiger partial charge in [0.1, 0.15) is 0 Å². The van der Waals surface area contributed by atoms with Crippen LogP contribution in [0.5, 0.6) is 0 Å². The number of aromatic nitrogens is 2. The van der Waals surface area contributed by atoms with Gasteiger partial charge in [-0.1, -0.05) is 13.8 Å². The van der Waals surface area contributed by atoms with Crippen molar-refractivity contribution in [3.63, 3.8) is 0 Å². The molecule has 1 N–H and O–H groups in total. The molecule has 0 spiro atoms.